The molecule has 1 aromatic rings. The van der Waals surface area contributed by atoms with E-state index in [4.69, 9.17) is 0 Å². The summed E-state index contributed by atoms with van der Waals surface area (Å²) in [5.41, 5.74) is 1.04. The SMILES string of the molecule is C[C@H](NC(CCc1ccccc1)C(=O)O)C(=O)N1C2CCCC2C[C@H]1C(=O)O. The van der Waals surface area contributed by atoms with Gasteiger partial charge in [0.2, 0.25) is 5.91 Å². The van der Waals surface area contributed by atoms with Gasteiger partial charge >= 0.3 is 11.9 Å². The number of amides is 1. The highest BCUT2D eigenvalue weighted by molar-refractivity contribution is 5.88. The van der Waals surface area contributed by atoms with Crippen molar-refractivity contribution >= 4 is 17.8 Å². The highest BCUT2D eigenvalue weighted by Crippen LogP contribution is 2.41. The Kier molecular flexibility index (Phi) is 6.34. The van der Waals surface area contributed by atoms with Crippen LogP contribution in [0.3, 0.4) is 0 Å². The Bertz CT molecular complexity index is 723. The van der Waals surface area contributed by atoms with E-state index in [1.807, 2.05) is 30.3 Å². The average molecular weight is 388 g/mol. The average Bonchev–Trinajstić information content (AvgIpc) is 3.26. The molecular weight excluding hydrogens is 360 g/mol. The number of hydrogen-bond donors (Lipinski definition) is 3. The summed E-state index contributed by atoms with van der Waals surface area (Å²) in [6.07, 6.45) is 4.21. The lowest BCUT2D eigenvalue weighted by Crippen LogP contribution is -2.55. The van der Waals surface area contributed by atoms with Crippen LogP contribution in [-0.2, 0) is 20.8 Å². The van der Waals surface area contributed by atoms with Gasteiger partial charge in [-0.2, -0.15) is 0 Å². The molecule has 1 saturated carbocycles. The van der Waals surface area contributed by atoms with Crippen LogP contribution in [0.2, 0.25) is 0 Å². The van der Waals surface area contributed by atoms with Gasteiger partial charge in [0.25, 0.3) is 0 Å². The number of aryl methyl sites for hydroxylation is 1. The maximum absolute atomic E-state index is 13.0. The minimum absolute atomic E-state index is 0.0366. The zero-order valence-electron chi connectivity index (χ0n) is 16.1. The number of nitrogens with one attached hydrogen (secondary N) is 1. The van der Waals surface area contributed by atoms with Gasteiger partial charge in [-0.05, 0) is 50.5 Å². The Labute approximate surface area is 164 Å². The molecule has 1 saturated heterocycles. The molecule has 2 fully saturated rings. The molecule has 1 aromatic carbocycles. The fraction of sp³-hybridized carbons (Fsp3) is 0.571. The van der Waals surface area contributed by atoms with E-state index in [1.165, 1.54) is 4.90 Å². The van der Waals surface area contributed by atoms with Gasteiger partial charge in [-0.1, -0.05) is 36.8 Å². The minimum atomic E-state index is -1.01. The van der Waals surface area contributed by atoms with Gasteiger partial charge in [-0.15, -0.1) is 0 Å². The first-order valence-electron chi connectivity index (χ1n) is 9.96. The Morgan fingerprint density at radius 3 is 2.54 bits per heavy atom. The zero-order chi connectivity index (χ0) is 20.3. The summed E-state index contributed by atoms with van der Waals surface area (Å²) < 4.78 is 0. The molecule has 1 amide bonds. The van der Waals surface area contributed by atoms with Crippen molar-refractivity contribution in [3.63, 3.8) is 0 Å². The topological polar surface area (TPSA) is 107 Å². The third kappa shape index (κ3) is 4.35. The Morgan fingerprint density at radius 2 is 1.89 bits per heavy atom. The Hall–Kier alpha value is -2.41. The zero-order valence-corrected chi connectivity index (χ0v) is 16.1. The summed E-state index contributed by atoms with van der Waals surface area (Å²) in [6, 6.07) is 7.13. The molecule has 0 bridgehead atoms. The largest absolute Gasteiger partial charge is 0.480 e. The van der Waals surface area contributed by atoms with Gasteiger partial charge in [0.1, 0.15) is 12.1 Å². The molecule has 0 aromatic heterocycles. The molecule has 1 heterocycles. The second-order valence-corrected chi connectivity index (χ2v) is 7.90. The molecule has 5 atom stereocenters. The number of benzene rings is 1. The molecule has 0 radical (unpaired) electrons. The molecule has 28 heavy (non-hydrogen) atoms. The highest BCUT2D eigenvalue weighted by Gasteiger charge is 2.49. The lowest BCUT2D eigenvalue weighted by atomic mass is 10.0. The maximum Gasteiger partial charge on any atom is 0.326 e. The first kappa shape index (κ1) is 20.3. The van der Waals surface area contributed by atoms with Crippen LogP contribution in [0.25, 0.3) is 0 Å². The van der Waals surface area contributed by atoms with E-state index < -0.39 is 30.1 Å². The van der Waals surface area contributed by atoms with Gasteiger partial charge in [0.15, 0.2) is 0 Å². The molecule has 7 nitrogen and oxygen atoms in total. The molecule has 3 N–H and O–H groups in total. The van der Waals surface area contributed by atoms with Crippen LogP contribution in [0.5, 0.6) is 0 Å². The molecule has 152 valence electrons. The third-order valence-corrected chi connectivity index (χ3v) is 6.06. The molecule has 3 unspecified atom stereocenters. The number of carboxylic acid groups (broad SMARTS) is 2. The summed E-state index contributed by atoms with van der Waals surface area (Å²) in [6.45, 7) is 1.63. The smallest absolute Gasteiger partial charge is 0.326 e. The van der Waals surface area contributed by atoms with E-state index in [2.05, 4.69) is 5.32 Å². The van der Waals surface area contributed by atoms with Gasteiger partial charge in [0, 0.05) is 6.04 Å². The molecule has 1 aliphatic carbocycles. The second kappa shape index (κ2) is 8.73. The normalized spacial score (nSPS) is 25.9. The first-order valence-corrected chi connectivity index (χ1v) is 9.96. The van der Waals surface area contributed by atoms with Crippen molar-refractivity contribution in [1.82, 2.24) is 10.2 Å². The van der Waals surface area contributed by atoms with E-state index >= 15 is 0 Å². The molecular formula is C21H28N2O5. The number of nitrogens with zero attached hydrogens (tertiary/aromatic N) is 1. The number of hydrogen-bond acceptors (Lipinski definition) is 4. The third-order valence-electron chi connectivity index (χ3n) is 6.06. The van der Waals surface area contributed by atoms with Gasteiger partial charge in [-0.3, -0.25) is 14.9 Å². The number of carboxylic acids is 2. The van der Waals surface area contributed by atoms with Crippen LogP contribution < -0.4 is 5.32 Å². The monoisotopic (exact) mass is 388 g/mol. The number of carbonyl (C=O) groups excluding carboxylic acids is 1. The van der Waals surface area contributed by atoms with Crippen molar-refractivity contribution in [3.05, 3.63) is 35.9 Å². The lowest BCUT2D eigenvalue weighted by molar-refractivity contribution is -0.151. The van der Waals surface area contributed by atoms with Crippen LogP contribution in [0, 0.1) is 5.92 Å². The molecule has 1 aliphatic heterocycles. The fourth-order valence-corrected chi connectivity index (χ4v) is 4.66. The van der Waals surface area contributed by atoms with Gasteiger partial charge < -0.3 is 15.1 Å². The predicted molar refractivity (Wildman–Crippen MR) is 103 cm³/mol. The van der Waals surface area contributed by atoms with Gasteiger partial charge in [0.05, 0.1) is 6.04 Å². The molecule has 3 rings (SSSR count). The molecule has 7 heteroatoms. The number of likely N-dealkylation sites (tertiary alicyclic amines) is 1. The van der Waals surface area contributed by atoms with E-state index in [1.54, 1.807) is 6.92 Å². The standard InChI is InChI=1S/C21H28N2O5/c1-13(22-16(20(25)26)11-10-14-6-3-2-4-7-14)19(24)23-17-9-5-8-15(17)12-18(23)21(27)28/h2-4,6-7,13,15-18,22H,5,8-12H2,1H3,(H,25,26)(H,27,28)/t13-,15?,16?,17?,18-/m0/s1. The first-order chi connectivity index (χ1) is 13.4. The number of carbonyl (C=O) groups is 3. The molecule has 2 aliphatic rings. The summed E-state index contributed by atoms with van der Waals surface area (Å²) in [7, 11) is 0. The van der Waals surface area contributed by atoms with E-state index in [9.17, 15) is 24.6 Å². The number of aliphatic carboxylic acids is 2. The number of rotatable bonds is 8. The summed E-state index contributed by atoms with van der Waals surface area (Å²) in [5, 5.41) is 22.0. The minimum Gasteiger partial charge on any atom is -0.480 e. The van der Waals surface area contributed by atoms with Crippen molar-refractivity contribution in [1.29, 1.82) is 0 Å². The van der Waals surface area contributed by atoms with E-state index in [-0.39, 0.29) is 17.9 Å². The van der Waals surface area contributed by atoms with Crippen molar-refractivity contribution in [3.8, 4) is 0 Å². The second-order valence-electron chi connectivity index (χ2n) is 7.90. The Morgan fingerprint density at radius 1 is 1.18 bits per heavy atom. The summed E-state index contributed by atoms with van der Waals surface area (Å²) in [4.78, 5) is 37.9. The number of fused-ring (bicyclic) bond motifs is 1. The van der Waals surface area contributed by atoms with Crippen LogP contribution in [0.4, 0.5) is 0 Å². The maximum atomic E-state index is 13.0. The van der Waals surface area contributed by atoms with Crippen LogP contribution in [0.15, 0.2) is 30.3 Å². The van der Waals surface area contributed by atoms with Crippen molar-refractivity contribution in [2.45, 2.75) is 69.6 Å². The fourth-order valence-electron chi connectivity index (χ4n) is 4.66. The Balaban J connectivity index is 1.65. The van der Waals surface area contributed by atoms with E-state index in [0.29, 0.717) is 19.3 Å². The predicted octanol–water partition coefficient (Wildman–Crippen LogP) is 1.90. The van der Waals surface area contributed by atoms with Crippen LogP contribution >= 0.6 is 0 Å². The summed E-state index contributed by atoms with van der Waals surface area (Å²) >= 11 is 0. The highest BCUT2D eigenvalue weighted by atomic mass is 16.4. The molecule has 0 spiro atoms. The summed E-state index contributed by atoms with van der Waals surface area (Å²) in [5.74, 6) is -2.06. The van der Waals surface area contributed by atoms with Crippen molar-refractivity contribution in [2.75, 3.05) is 0 Å². The van der Waals surface area contributed by atoms with Gasteiger partial charge in [-0.25, -0.2) is 4.79 Å². The van der Waals surface area contributed by atoms with Crippen LogP contribution in [-0.4, -0.2) is 57.1 Å². The van der Waals surface area contributed by atoms with Crippen molar-refractivity contribution < 1.29 is 24.6 Å². The van der Waals surface area contributed by atoms with E-state index in [0.717, 1.165) is 24.8 Å². The quantitative estimate of drug-likeness (QED) is 0.628. The van der Waals surface area contributed by atoms with Crippen LogP contribution in [0.1, 0.15) is 44.6 Å². The lowest BCUT2D eigenvalue weighted by Gasteiger charge is -2.31. The van der Waals surface area contributed by atoms with Crippen molar-refractivity contribution in [2.24, 2.45) is 5.92 Å².